The van der Waals surface area contributed by atoms with Crippen molar-refractivity contribution >= 4 is 11.6 Å². The monoisotopic (exact) mass is 207 g/mol. The molecular weight excluding hydrogens is 203 g/mol. The highest BCUT2D eigenvalue weighted by molar-refractivity contribution is 5.42. The Morgan fingerprint density at radius 2 is 2.14 bits per heavy atom. The van der Waals surface area contributed by atoms with E-state index in [4.69, 9.17) is 5.73 Å². The number of nitrogen functional groups attached to an aromatic ring is 1. The number of nitrogens with zero attached hydrogens (tertiary/aromatic N) is 2. The summed E-state index contributed by atoms with van der Waals surface area (Å²) in [5, 5.41) is 10.2. The Kier molecular flexibility index (Phi) is 2.54. The molecule has 1 aromatic heterocycles. The lowest BCUT2D eigenvalue weighted by molar-refractivity contribution is -0.389. The zero-order chi connectivity index (χ0) is 10.9. The third kappa shape index (κ3) is 1.73. The molecule has 0 aliphatic heterocycles. The maximum Gasteiger partial charge on any atom is 0.366 e. The molecular formula is C6H4F3N3O2. The first kappa shape index (κ1) is 10.2. The largest absolute Gasteiger partial charge is 0.366 e. The number of hydrogen-bond donors (Lipinski definition) is 1. The third-order valence-electron chi connectivity index (χ3n) is 1.42. The first-order valence-electron chi connectivity index (χ1n) is 3.32. The van der Waals surface area contributed by atoms with E-state index in [-0.39, 0.29) is 0 Å². The van der Waals surface area contributed by atoms with Crippen molar-refractivity contribution < 1.29 is 18.1 Å². The summed E-state index contributed by atoms with van der Waals surface area (Å²) in [6.07, 6.45) is -3.17. The molecule has 0 spiro atoms. The number of nitro groups is 1. The van der Waals surface area contributed by atoms with Crippen molar-refractivity contribution in [2.45, 2.75) is 6.43 Å². The van der Waals surface area contributed by atoms with Gasteiger partial charge in [0.1, 0.15) is 0 Å². The fourth-order valence-corrected chi connectivity index (χ4v) is 0.807. The molecule has 1 aromatic rings. The van der Waals surface area contributed by atoms with Crippen LogP contribution in [0.15, 0.2) is 6.07 Å². The predicted molar refractivity (Wildman–Crippen MR) is 40.2 cm³/mol. The molecule has 0 saturated heterocycles. The van der Waals surface area contributed by atoms with E-state index in [0.717, 1.165) is 0 Å². The van der Waals surface area contributed by atoms with Crippen LogP contribution in [0.1, 0.15) is 12.0 Å². The van der Waals surface area contributed by atoms with Crippen molar-refractivity contribution in [2.75, 3.05) is 5.73 Å². The standard InChI is InChI=1S/C6H4F3N3O2/c7-4-2(5(8)9)1-3(12(13)14)11-6(4)10/h1,5H,(H2,10,11). The van der Waals surface area contributed by atoms with Gasteiger partial charge in [0.15, 0.2) is 0 Å². The highest BCUT2D eigenvalue weighted by Crippen LogP contribution is 2.27. The first-order chi connectivity index (χ1) is 6.43. The van der Waals surface area contributed by atoms with Gasteiger partial charge in [-0.15, -0.1) is 0 Å². The average molecular weight is 207 g/mol. The zero-order valence-electron chi connectivity index (χ0n) is 6.58. The Labute approximate surface area is 75.5 Å². The zero-order valence-corrected chi connectivity index (χ0v) is 6.58. The molecule has 0 radical (unpaired) electrons. The van der Waals surface area contributed by atoms with Gasteiger partial charge in [-0.05, 0) is 9.91 Å². The van der Waals surface area contributed by atoms with Crippen LogP contribution < -0.4 is 5.73 Å². The van der Waals surface area contributed by atoms with E-state index < -0.39 is 34.4 Å². The van der Waals surface area contributed by atoms with E-state index in [9.17, 15) is 23.3 Å². The van der Waals surface area contributed by atoms with Crippen molar-refractivity contribution in [3.8, 4) is 0 Å². The molecule has 76 valence electrons. The molecule has 0 bridgehead atoms. The van der Waals surface area contributed by atoms with Crippen molar-refractivity contribution in [3.63, 3.8) is 0 Å². The molecule has 0 saturated carbocycles. The average Bonchev–Trinajstić information content (AvgIpc) is 2.08. The topological polar surface area (TPSA) is 82.0 Å². The van der Waals surface area contributed by atoms with Gasteiger partial charge in [0.05, 0.1) is 5.56 Å². The van der Waals surface area contributed by atoms with Crippen molar-refractivity contribution in [2.24, 2.45) is 0 Å². The van der Waals surface area contributed by atoms with Gasteiger partial charge in [-0.25, -0.2) is 8.78 Å². The summed E-state index contributed by atoms with van der Waals surface area (Å²) in [6.45, 7) is 0. The smallest absolute Gasteiger partial charge is 0.360 e. The molecule has 1 rings (SSSR count). The van der Waals surface area contributed by atoms with Crippen LogP contribution in [0.5, 0.6) is 0 Å². The number of halogens is 3. The summed E-state index contributed by atoms with van der Waals surface area (Å²) in [5.41, 5.74) is 3.75. The van der Waals surface area contributed by atoms with Crippen LogP contribution in [0.4, 0.5) is 24.8 Å². The number of hydrogen-bond acceptors (Lipinski definition) is 4. The van der Waals surface area contributed by atoms with Gasteiger partial charge in [0.2, 0.25) is 5.82 Å². The number of anilines is 1. The molecule has 0 fully saturated rings. The minimum absolute atomic E-state index is 0.357. The van der Waals surface area contributed by atoms with Crippen LogP contribution in [-0.4, -0.2) is 9.91 Å². The number of nitrogens with two attached hydrogens (primary N) is 1. The Morgan fingerprint density at radius 1 is 1.57 bits per heavy atom. The number of aromatic nitrogens is 1. The maximum atomic E-state index is 12.8. The molecule has 0 aliphatic rings. The Morgan fingerprint density at radius 3 is 2.57 bits per heavy atom. The van der Waals surface area contributed by atoms with Gasteiger partial charge in [0, 0.05) is 6.07 Å². The summed E-state index contributed by atoms with van der Waals surface area (Å²) >= 11 is 0. The lowest BCUT2D eigenvalue weighted by Crippen LogP contribution is -2.04. The van der Waals surface area contributed by atoms with E-state index >= 15 is 0 Å². The lowest BCUT2D eigenvalue weighted by atomic mass is 10.2. The van der Waals surface area contributed by atoms with Crippen LogP contribution in [0, 0.1) is 15.9 Å². The molecule has 0 unspecified atom stereocenters. The molecule has 14 heavy (non-hydrogen) atoms. The number of pyridine rings is 1. The third-order valence-corrected chi connectivity index (χ3v) is 1.42. The van der Waals surface area contributed by atoms with Crippen molar-refractivity contribution in [3.05, 3.63) is 27.6 Å². The van der Waals surface area contributed by atoms with Crippen molar-refractivity contribution in [1.82, 2.24) is 4.98 Å². The van der Waals surface area contributed by atoms with Crippen LogP contribution in [-0.2, 0) is 0 Å². The minimum Gasteiger partial charge on any atom is -0.360 e. The molecule has 1 heterocycles. The molecule has 2 N–H and O–H groups in total. The number of alkyl halides is 2. The number of rotatable bonds is 2. The van der Waals surface area contributed by atoms with E-state index in [0.29, 0.717) is 6.07 Å². The van der Waals surface area contributed by atoms with Gasteiger partial charge in [-0.1, -0.05) is 0 Å². The first-order valence-corrected chi connectivity index (χ1v) is 3.32. The molecule has 0 amide bonds. The van der Waals surface area contributed by atoms with Gasteiger partial charge >= 0.3 is 5.82 Å². The van der Waals surface area contributed by atoms with Gasteiger partial charge in [0.25, 0.3) is 12.2 Å². The highest BCUT2D eigenvalue weighted by Gasteiger charge is 2.24. The van der Waals surface area contributed by atoms with Gasteiger partial charge < -0.3 is 15.8 Å². The van der Waals surface area contributed by atoms with Crippen LogP contribution in [0.3, 0.4) is 0 Å². The minimum atomic E-state index is -3.17. The Hall–Kier alpha value is -1.86. The van der Waals surface area contributed by atoms with Crippen molar-refractivity contribution in [1.29, 1.82) is 0 Å². The summed E-state index contributed by atoms with van der Waals surface area (Å²) < 4.78 is 37.0. The highest BCUT2D eigenvalue weighted by atomic mass is 19.3. The lowest BCUT2D eigenvalue weighted by Gasteiger charge is -2.01. The Balaban J connectivity index is 3.35. The summed E-state index contributed by atoms with van der Waals surface area (Å²) in [7, 11) is 0. The second kappa shape index (κ2) is 3.48. The summed E-state index contributed by atoms with van der Waals surface area (Å²) in [6, 6.07) is 0.357. The van der Waals surface area contributed by atoms with Crippen LogP contribution >= 0.6 is 0 Å². The normalized spacial score (nSPS) is 10.6. The SMILES string of the molecule is Nc1nc([N+](=O)[O-])cc(C(F)F)c1F. The van der Waals surface area contributed by atoms with E-state index in [2.05, 4.69) is 4.98 Å². The molecule has 0 atom stereocenters. The predicted octanol–water partition coefficient (Wildman–Crippen LogP) is 1.65. The van der Waals surface area contributed by atoms with Crippen LogP contribution in [0.25, 0.3) is 0 Å². The Bertz CT molecular complexity index is 383. The van der Waals surface area contributed by atoms with E-state index in [1.54, 1.807) is 0 Å². The fourth-order valence-electron chi connectivity index (χ4n) is 0.807. The fraction of sp³-hybridized carbons (Fsp3) is 0.167. The second-order valence-corrected chi connectivity index (χ2v) is 2.33. The quantitative estimate of drug-likeness (QED) is 0.590. The maximum absolute atomic E-state index is 12.8. The second-order valence-electron chi connectivity index (χ2n) is 2.33. The van der Waals surface area contributed by atoms with Gasteiger partial charge in [-0.3, -0.25) is 0 Å². The molecule has 8 heteroatoms. The summed E-state index contributed by atoms with van der Waals surface area (Å²) in [5.74, 6) is -3.24. The van der Waals surface area contributed by atoms with E-state index in [1.807, 2.05) is 0 Å². The van der Waals surface area contributed by atoms with Gasteiger partial charge in [-0.2, -0.15) is 4.39 Å². The molecule has 0 aromatic carbocycles. The molecule has 0 aliphatic carbocycles. The molecule has 5 nitrogen and oxygen atoms in total. The summed E-state index contributed by atoms with van der Waals surface area (Å²) in [4.78, 5) is 12.1. The van der Waals surface area contributed by atoms with E-state index in [1.165, 1.54) is 0 Å². The van der Waals surface area contributed by atoms with Crippen LogP contribution in [0.2, 0.25) is 0 Å².